The minimum atomic E-state index is 0.228. The van der Waals surface area contributed by atoms with Crippen LogP contribution in [0.5, 0.6) is 0 Å². The summed E-state index contributed by atoms with van der Waals surface area (Å²) in [6.07, 6.45) is 7.67. The van der Waals surface area contributed by atoms with Crippen molar-refractivity contribution >= 4 is 0 Å². The van der Waals surface area contributed by atoms with Gasteiger partial charge in [0.1, 0.15) is 0 Å². The molecular weight excluding hydrogens is 214 g/mol. The number of nitrogens with two attached hydrogens (primary N) is 1. The monoisotopic (exact) mass is 241 g/mol. The van der Waals surface area contributed by atoms with Crippen molar-refractivity contribution in [3.05, 3.63) is 0 Å². The Morgan fingerprint density at radius 2 is 2.00 bits per heavy atom. The van der Waals surface area contributed by atoms with E-state index in [9.17, 15) is 0 Å². The zero-order valence-electron chi connectivity index (χ0n) is 11.2. The van der Waals surface area contributed by atoms with Crippen LogP contribution in [-0.2, 0) is 4.74 Å². The lowest BCUT2D eigenvalue weighted by atomic mass is 9.71. The van der Waals surface area contributed by atoms with Gasteiger partial charge in [-0.05, 0) is 33.4 Å². The number of nitrogens with one attached hydrogen (secondary N) is 1. The molecule has 100 valence electrons. The highest BCUT2D eigenvalue weighted by atomic mass is 16.5. The first kappa shape index (κ1) is 13.3. The van der Waals surface area contributed by atoms with Crippen LogP contribution in [0.25, 0.3) is 0 Å². The normalized spacial score (nSPS) is 30.7. The summed E-state index contributed by atoms with van der Waals surface area (Å²) in [4.78, 5) is 2.40. The number of ether oxygens (including phenoxy) is 1. The van der Waals surface area contributed by atoms with Crippen LogP contribution in [0.15, 0.2) is 0 Å². The minimum Gasteiger partial charge on any atom is -0.381 e. The fraction of sp³-hybridized carbons (Fsp3) is 1.00. The summed E-state index contributed by atoms with van der Waals surface area (Å²) in [5.74, 6) is 6.44. The molecule has 2 unspecified atom stereocenters. The third kappa shape index (κ3) is 2.50. The van der Waals surface area contributed by atoms with Gasteiger partial charge in [0.25, 0.3) is 0 Å². The van der Waals surface area contributed by atoms with E-state index in [1.807, 2.05) is 0 Å². The molecule has 0 aromatic heterocycles. The molecule has 0 bridgehead atoms. The van der Waals surface area contributed by atoms with Crippen molar-refractivity contribution in [3.8, 4) is 0 Å². The molecule has 0 amide bonds. The molecule has 0 spiro atoms. The average molecular weight is 241 g/mol. The Bertz CT molecular complexity index is 233. The first-order chi connectivity index (χ1) is 8.20. The molecule has 4 heteroatoms. The van der Waals surface area contributed by atoms with E-state index in [0.717, 1.165) is 19.6 Å². The second kappa shape index (κ2) is 5.65. The fourth-order valence-electron chi connectivity index (χ4n) is 3.75. The van der Waals surface area contributed by atoms with Crippen LogP contribution in [0.3, 0.4) is 0 Å². The fourth-order valence-corrected chi connectivity index (χ4v) is 3.75. The molecule has 2 rings (SSSR count). The Morgan fingerprint density at radius 1 is 1.29 bits per heavy atom. The van der Waals surface area contributed by atoms with Crippen LogP contribution < -0.4 is 11.3 Å². The highest BCUT2D eigenvalue weighted by Gasteiger charge is 2.45. The molecule has 1 aliphatic carbocycles. The third-order valence-corrected chi connectivity index (χ3v) is 4.80. The Hall–Kier alpha value is -0.160. The van der Waals surface area contributed by atoms with E-state index in [0.29, 0.717) is 12.0 Å². The number of likely N-dealkylation sites (N-methyl/N-ethyl adjacent to an activating group) is 1. The molecule has 1 saturated heterocycles. The maximum atomic E-state index is 5.87. The summed E-state index contributed by atoms with van der Waals surface area (Å²) in [6, 6.07) is 0.361. The molecule has 0 aromatic carbocycles. The second-order valence-corrected chi connectivity index (χ2v) is 5.83. The Balaban J connectivity index is 2.16. The average Bonchev–Trinajstić information content (AvgIpc) is 2.84. The highest BCUT2D eigenvalue weighted by molar-refractivity contribution is 5.03. The molecule has 1 heterocycles. The number of rotatable bonds is 4. The molecular formula is C13H27N3O. The van der Waals surface area contributed by atoms with E-state index < -0.39 is 0 Å². The molecule has 2 fully saturated rings. The molecule has 1 saturated carbocycles. The SMILES string of the molecule is CN(C)C1(C(NN)C2CCOC2)CCCCC1. The Kier molecular flexibility index (Phi) is 4.42. The smallest absolute Gasteiger partial charge is 0.0511 e. The van der Waals surface area contributed by atoms with E-state index in [1.165, 1.54) is 32.1 Å². The molecule has 2 atom stereocenters. The van der Waals surface area contributed by atoms with Gasteiger partial charge in [0.2, 0.25) is 0 Å². The third-order valence-electron chi connectivity index (χ3n) is 4.80. The van der Waals surface area contributed by atoms with E-state index in [2.05, 4.69) is 24.4 Å². The van der Waals surface area contributed by atoms with Gasteiger partial charge in [-0.2, -0.15) is 0 Å². The number of hydrazine groups is 1. The quantitative estimate of drug-likeness (QED) is 0.572. The molecule has 3 N–H and O–H groups in total. The molecule has 17 heavy (non-hydrogen) atoms. The van der Waals surface area contributed by atoms with Crippen molar-refractivity contribution in [2.75, 3.05) is 27.3 Å². The molecule has 1 aliphatic heterocycles. The van der Waals surface area contributed by atoms with Crippen molar-refractivity contribution in [1.82, 2.24) is 10.3 Å². The van der Waals surface area contributed by atoms with Crippen LogP contribution in [0.2, 0.25) is 0 Å². The topological polar surface area (TPSA) is 50.5 Å². The maximum Gasteiger partial charge on any atom is 0.0511 e. The lowest BCUT2D eigenvalue weighted by Crippen LogP contribution is -2.64. The van der Waals surface area contributed by atoms with Gasteiger partial charge in [-0.15, -0.1) is 0 Å². The van der Waals surface area contributed by atoms with Crippen LogP contribution in [0.1, 0.15) is 38.5 Å². The summed E-state index contributed by atoms with van der Waals surface area (Å²) in [5, 5.41) is 0. The molecule has 4 nitrogen and oxygen atoms in total. The number of hydrogen-bond acceptors (Lipinski definition) is 4. The molecule has 0 radical (unpaired) electrons. The lowest BCUT2D eigenvalue weighted by Gasteiger charge is -2.50. The van der Waals surface area contributed by atoms with Gasteiger partial charge in [-0.1, -0.05) is 19.3 Å². The van der Waals surface area contributed by atoms with Gasteiger partial charge in [0, 0.05) is 24.1 Å². The Morgan fingerprint density at radius 3 is 2.47 bits per heavy atom. The van der Waals surface area contributed by atoms with Crippen LogP contribution in [0.4, 0.5) is 0 Å². The van der Waals surface area contributed by atoms with Gasteiger partial charge in [-0.25, -0.2) is 0 Å². The first-order valence-electron chi connectivity index (χ1n) is 6.92. The lowest BCUT2D eigenvalue weighted by molar-refractivity contribution is 0.0290. The summed E-state index contributed by atoms with van der Waals surface area (Å²) < 4.78 is 5.54. The summed E-state index contributed by atoms with van der Waals surface area (Å²) >= 11 is 0. The van der Waals surface area contributed by atoms with Gasteiger partial charge in [-0.3, -0.25) is 11.3 Å². The number of nitrogens with zero attached hydrogens (tertiary/aromatic N) is 1. The number of hydrogen-bond donors (Lipinski definition) is 2. The Labute approximate surface area is 105 Å². The standard InChI is InChI=1S/C13H27N3O/c1-16(2)13(7-4-3-5-8-13)12(15-14)11-6-9-17-10-11/h11-12,15H,3-10,14H2,1-2H3. The predicted molar refractivity (Wildman–Crippen MR) is 69.5 cm³/mol. The maximum absolute atomic E-state index is 5.87. The molecule has 0 aromatic rings. The van der Waals surface area contributed by atoms with E-state index >= 15 is 0 Å². The molecule has 2 aliphatic rings. The van der Waals surface area contributed by atoms with Gasteiger partial charge in [0.05, 0.1) is 6.61 Å². The van der Waals surface area contributed by atoms with Crippen molar-refractivity contribution in [2.24, 2.45) is 11.8 Å². The van der Waals surface area contributed by atoms with E-state index in [-0.39, 0.29) is 5.54 Å². The van der Waals surface area contributed by atoms with Crippen molar-refractivity contribution < 1.29 is 4.74 Å². The van der Waals surface area contributed by atoms with Crippen molar-refractivity contribution in [3.63, 3.8) is 0 Å². The van der Waals surface area contributed by atoms with Gasteiger partial charge >= 0.3 is 0 Å². The van der Waals surface area contributed by atoms with Crippen molar-refractivity contribution in [1.29, 1.82) is 0 Å². The zero-order valence-corrected chi connectivity index (χ0v) is 11.2. The summed E-state index contributed by atoms with van der Waals surface area (Å²) in [5.41, 5.74) is 3.34. The van der Waals surface area contributed by atoms with Gasteiger partial charge in [0.15, 0.2) is 0 Å². The zero-order chi connectivity index (χ0) is 12.3. The highest BCUT2D eigenvalue weighted by Crippen LogP contribution is 2.39. The first-order valence-corrected chi connectivity index (χ1v) is 6.92. The van der Waals surface area contributed by atoms with Crippen LogP contribution >= 0.6 is 0 Å². The summed E-state index contributed by atoms with van der Waals surface area (Å²) in [6.45, 7) is 1.76. The minimum absolute atomic E-state index is 0.228. The summed E-state index contributed by atoms with van der Waals surface area (Å²) in [7, 11) is 4.40. The second-order valence-electron chi connectivity index (χ2n) is 5.83. The predicted octanol–water partition coefficient (Wildman–Crippen LogP) is 1.12. The van der Waals surface area contributed by atoms with Gasteiger partial charge < -0.3 is 9.64 Å². The largest absolute Gasteiger partial charge is 0.381 e. The van der Waals surface area contributed by atoms with Crippen LogP contribution in [-0.4, -0.2) is 43.8 Å². The van der Waals surface area contributed by atoms with Crippen molar-refractivity contribution in [2.45, 2.75) is 50.1 Å². The van der Waals surface area contributed by atoms with E-state index in [4.69, 9.17) is 10.6 Å². The van der Waals surface area contributed by atoms with Crippen LogP contribution in [0, 0.1) is 5.92 Å². The van der Waals surface area contributed by atoms with E-state index in [1.54, 1.807) is 0 Å².